The maximum atomic E-state index is 13.6. The first kappa shape index (κ1) is 34.1. The number of nitrogens with zero attached hydrogens (tertiary/aromatic N) is 1. The summed E-state index contributed by atoms with van der Waals surface area (Å²) in [6.45, 7) is -0.720. The topological polar surface area (TPSA) is 137 Å². The Labute approximate surface area is 294 Å². The first-order valence-corrected chi connectivity index (χ1v) is 16.2. The monoisotopic (exact) mass is 679 g/mol. The molecule has 0 unspecified atom stereocenters. The van der Waals surface area contributed by atoms with Crippen LogP contribution in [0, 0.1) is 0 Å². The van der Waals surface area contributed by atoms with Gasteiger partial charge < -0.3 is 24.5 Å². The van der Waals surface area contributed by atoms with Gasteiger partial charge in [0.1, 0.15) is 12.3 Å². The van der Waals surface area contributed by atoms with Crippen molar-refractivity contribution in [1.82, 2.24) is 15.6 Å². The summed E-state index contributed by atoms with van der Waals surface area (Å²) in [6, 6.07) is 41.4. The van der Waals surface area contributed by atoms with Crippen LogP contribution in [0.5, 0.6) is 0 Å². The van der Waals surface area contributed by atoms with Crippen LogP contribution in [0.1, 0.15) is 55.4 Å². The van der Waals surface area contributed by atoms with E-state index in [1.807, 2.05) is 18.2 Å². The minimum atomic E-state index is -1.13. The van der Waals surface area contributed by atoms with Crippen molar-refractivity contribution < 1.29 is 33.1 Å². The van der Waals surface area contributed by atoms with E-state index >= 15 is 0 Å². The number of amides is 2. The molecule has 2 amide bonds. The quantitative estimate of drug-likeness (QED) is 0.128. The highest BCUT2D eigenvalue weighted by atomic mass is 16.5. The van der Waals surface area contributed by atoms with Crippen molar-refractivity contribution in [2.24, 2.45) is 0 Å². The fraction of sp³-hybridized carbons (Fsp3) is 0.0976. The van der Waals surface area contributed by atoms with Crippen molar-refractivity contribution in [3.8, 4) is 11.5 Å². The molecule has 0 saturated heterocycles. The van der Waals surface area contributed by atoms with Gasteiger partial charge in [0.05, 0.1) is 0 Å². The standard InChI is InChI=1S/C41H33N3O7/c45-37(30-20-10-3-11-21-30)43-35(28-16-6-1-7-17-28)40(47)49-26-33-34(51-39(42-33)32-24-14-5-15-25-32)27-50-41(48)36(29-18-8-2-9-19-29)44-38(46)31-22-12-4-13-23-31/h1-25,35-36H,26-27H2,(H,43,45)(H,44,46)/t35-,36-/m1/s1. The van der Waals surface area contributed by atoms with Crippen LogP contribution < -0.4 is 10.6 Å². The highest BCUT2D eigenvalue weighted by Gasteiger charge is 2.28. The Morgan fingerprint density at radius 1 is 0.529 bits per heavy atom. The van der Waals surface area contributed by atoms with Crippen molar-refractivity contribution in [3.05, 3.63) is 185 Å². The van der Waals surface area contributed by atoms with Crippen LogP contribution in [0.2, 0.25) is 0 Å². The van der Waals surface area contributed by atoms with E-state index in [4.69, 9.17) is 13.9 Å². The zero-order chi connectivity index (χ0) is 35.4. The Morgan fingerprint density at radius 2 is 0.922 bits per heavy atom. The van der Waals surface area contributed by atoms with Crippen molar-refractivity contribution >= 4 is 23.8 Å². The first-order valence-electron chi connectivity index (χ1n) is 16.2. The van der Waals surface area contributed by atoms with Gasteiger partial charge in [0.25, 0.3) is 11.8 Å². The molecule has 0 spiro atoms. The summed E-state index contributed by atoms with van der Waals surface area (Å²) in [5.74, 6) is -2.01. The zero-order valence-electron chi connectivity index (χ0n) is 27.3. The van der Waals surface area contributed by atoms with Gasteiger partial charge in [0.15, 0.2) is 24.5 Å². The van der Waals surface area contributed by atoms with Crippen molar-refractivity contribution in [2.45, 2.75) is 25.3 Å². The van der Waals surface area contributed by atoms with Crippen LogP contribution in [0.25, 0.3) is 11.5 Å². The largest absolute Gasteiger partial charge is 0.457 e. The molecule has 2 N–H and O–H groups in total. The summed E-state index contributed by atoms with van der Waals surface area (Å²) in [5, 5.41) is 5.53. The van der Waals surface area contributed by atoms with E-state index in [2.05, 4.69) is 15.6 Å². The second-order valence-electron chi connectivity index (χ2n) is 11.3. The molecular formula is C41H33N3O7. The molecule has 0 fully saturated rings. The van der Waals surface area contributed by atoms with Crippen LogP contribution >= 0.6 is 0 Å². The van der Waals surface area contributed by atoms with Crippen LogP contribution in [0.3, 0.4) is 0 Å². The number of hydrogen-bond acceptors (Lipinski definition) is 8. The number of nitrogens with one attached hydrogen (secondary N) is 2. The third-order valence-corrected chi connectivity index (χ3v) is 7.86. The predicted octanol–water partition coefficient (Wildman–Crippen LogP) is 6.77. The molecule has 10 heteroatoms. The Balaban J connectivity index is 1.21. The number of aromatic nitrogens is 1. The molecular weight excluding hydrogens is 646 g/mol. The van der Waals surface area contributed by atoms with E-state index in [-0.39, 0.29) is 30.6 Å². The van der Waals surface area contributed by atoms with Crippen molar-refractivity contribution in [1.29, 1.82) is 0 Å². The fourth-order valence-electron chi connectivity index (χ4n) is 5.21. The van der Waals surface area contributed by atoms with Gasteiger partial charge in [-0.15, -0.1) is 0 Å². The number of benzene rings is 5. The molecule has 0 aliphatic heterocycles. The van der Waals surface area contributed by atoms with Crippen LogP contribution in [0.4, 0.5) is 0 Å². The molecule has 0 aliphatic carbocycles. The molecule has 2 atom stereocenters. The van der Waals surface area contributed by atoms with E-state index in [0.29, 0.717) is 27.8 Å². The molecule has 51 heavy (non-hydrogen) atoms. The number of carbonyl (C=O) groups excluding carboxylic acids is 4. The minimum absolute atomic E-state index is 0.140. The van der Waals surface area contributed by atoms with Crippen molar-refractivity contribution in [2.75, 3.05) is 0 Å². The van der Waals surface area contributed by atoms with E-state index in [1.165, 1.54) is 0 Å². The lowest BCUT2D eigenvalue weighted by Gasteiger charge is -2.19. The normalized spacial score (nSPS) is 11.8. The highest BCUT2D eigenvalue weighted by Crippen LogP contribution is 2.25. The van der Waals surface area contributed by atoms with Gasteiger partial charge in [0, 0.05) is 16.7 Å². The number of rotatable bonds is 13. The molecule has 0 aliphatic rings. The van der Waals surface area contributed by atoms with Gasteiger partial charge in [0.2, 0.25) is 5.89 Å². The molecule has 0 saturated carbocycles. The minimum Gasteiger partial charge on any atom is -0.457 e. The number of oxazole rings is 1. The molecule has 254 valence electrons. The Hall–Kier alpha value is -6.81. The van der Waals surface area contributed by atoms with Crippen LogP contribution in [-0.2, 0) is 32.3 Å². The first-order chi connectivity index (χ1) is 25.0. The zero-order valence-corrected chi connectivity index (χ0v) is 27.3. The van der Waals surface area contributed by atoms with Gasteiger partial charge in [-0.1, -0.05) is 115 Å². The molecule has 1 heterocycles. The number of ether oxygens (including phenoxy) is 2. The summed E-state index contributed by atoms with van der Waals surface area (Å²) in [6.07, 6.45) is 0. The maximum Gasteiger partial charge on any atom is 0.333 e. The highest BCUT2D eigenvalue weighted by molar-refractivity contribution is 5.97. The third-order valence-electron chi connectivity index (χ3n) is 7.86. The van der Waals surface area contributed by atoms with E-state index in [9.17, 15) is 19.2 Å². The predicted molar refractivity (Wildman–Crippen MR) is 188 cm³/mol. The lowest BCUT2D eigenvalue weighted by atomic mass is 10.1. The lowest BCUT2D eigenvalue weighted by Crippen LogP contribution is -2.35. The Morgan fingerprint density at radius 3 is 1.37 bits per heavy atom. The smallest absolute Gasteiger partial charge is 0.333 e. The lowest BCUT2D eigenvalue weighted by molar-refractivity contribution is -0.149. The molecule has 6 rings (SSSR count). The summed E-state index contributed by atoms with van der Waals surface area (Å²) >= 11 is 0. The summed E-state index contributed by atoms with van der Waals surface area (Å²) < 4.78 is 17.5. The van der Waals surface area contributed by atoms with E-state index in [1.54, 1.807) is 133 Å². The molecule has 10 nitrogen and oxygen atoms in total. The molecule has 0 radical (unpaired) electrons. The second-order valence-corrected chi connectivity index (χ2v) is 11.3. The average Bonchev–Trinajstić information content (AvgIpc) is 3.61. The summed E-state index contributed by atoms with van der Waals surface area (Å²) in [5.41, 5.74) is 2.67. The summed E-state index contributed by atoms with van der Waals surface area (Å²) in [4.78, 5) is 57.8. The Kier molecular flexibility index (Phi) is 11.0. The van der Waals surface area contributed by atoms with Crippen LogP contribution in [-0.4, -0.2) is 28.7 Å². The van der Waals surface area contributed by atoms with Crippen molar-refractivity contribution in [3.63, 3.8) is 0 Å². The average molecular weight is 680 g/mol. The van der Waals surface area contributed by atoms with Gasteiger partial charge in [-0.25, -0.2) is 14.6 Å². The van der Waals surface area contributed by atoms with Gasteiger partial charge in [-0.05, 0) is 47.5 Å². The molecule has 5 aromatic carbocycles. The van der Waals surface area contributed by atoms with E-state index < -0.39 is 35.8 Å². The number of carbonyl (C=O) groups is 4. The van der Waals surface area contributed by atoms with Crippen LogP contribution in [0.15, 0.2) is 156 Å². The fourth-order valence-corrected chi connectivity index (χ4v) is 5.21. The number of esters is 2. The molecule has 0 bridgehead atoms. The van der Waals surface area contributed by atoms with Gasteiger partial charge >= 0.3 is 11.9 Å². The third kappa shape index (κ3) is 8.81. The Bertz CT molecular complexity index is 1940. The maximum absolute atomic E-state index is 13.6. The van der Waals surface area contributed by atoms with E-state index in [0.717, 1.165) is 0 Å². The van der Waals surface area contributed by atoms with Gasteiger partial charge in [-0.2, -0.15) is 0 Å². The molecule has 6 aromatic rings. The van der Waals surface area contributed by atoms with Gasteiger partial charge in [-0.3, -0.25) is 9.59 Å². The molecule has 1 aromatic heterocycles. The SMILES string of the molecule is O=C(N[C@@H](C(=O)OCc1nc(-c2ccccc2)oc1COC(=O)[C@H](NC(=O)c1ccccc1)c1ccccc1)c1ccccc1)c1ccccc1. The second kappa shape index (κ2) is 16.5. The number of hydrogen-bond donors (Lipinski definition) is 2. The summed E-state index contributed by atoms with van der Waals surface area (Å²) in [7, 11) is 0.